The van der Waals surface area contributed by atoms with Gasteiger partial charge in [-0.1, -0.05) is 0 Å². The number of esters is 1. The Hall–Kier alpha value is -0.750. The number of rotatable bonds is 4. The van der Waals surface area contributed by atoms with Crippen LogP contribution in [0, 0.1) is 0 Å². The molecule has 4 nitrogen and oxygen atoms in total. The van der Waals surface area contributed by atoms with Gasteiger partial charge in [-0.2, -0.15) is 0 Å². The van der Waals surface area contributed by atoms with Gasteiger partial charge in [0.05, 0.1) is 7.11 Å². The molecule has 1 fully saturated rings. The molecule has 0 aromatic heterocycles. The average molecular weight is 209 g/mol. The minimum absolute atomic E-state index is 0.183. The normalized spacial score (nSPS) is 24.5. The first-order valence-corrected chi connectivity index (χ1v) is 4.34. The molecule has 6 heteroatoms. The lowest BCUT2D eigenvalue weighted by molar-refractivity contribution is -0.154. The number of hydrogen-bond acceptors (Lipinski definition) is 4. The number of nitrogens with zero attached hydrogens (tertiary/aromatic N) is 1. The minimum Gasteiger partial charge on any atom is -0.468 e. The van der Waals surface area contributed by atoms with E-state index in [-0.39, 0.29) is 6.54 Å². The Balaban J connectivity index is 2.36. The van der Waals surface area contributed by atoms with E-state index in [4.69, 9.17) is 5.11 Å². The quantitative estimate of drug-likeness (QED) is 0.655. The molecule has 2 atom stereocenters. The molecule has 1 rings (SSSR count). The highest BCUT2D eigenvalue weighted by Crippen LogP contribution is 2.19. The van der Waals surface area contributed by atoms with Crippen LogP contribution in [-0.2, 0) is 9.53 Å². The SMILES string of the molecule is COC(=O)C1CCN1CC(O)C(F)F. The van der Waals surface area contributed by atoms with Crippen molar-refractivity contribution < 1.29 is 23.4 Å². The molecule has 2 unspecified atom stereocenters. The van der Waals surface area contributed by atoms with E-state index < -0.39 is 24.5 Å². The summed E-state index contributed by atoms with van der Waals surface area (Å²) < 4.78 is 28.4. The fourth-order valence-electron chi connectivity index (χ4n) is 1.38. The maximum Gasteiger partial charge on any atom is 0.323 e. The molecular formula is C8H13F2NO3. The number of β-amino-alcohol motifs (C(OH)–C–C–N with tert-alkyl or cyclic N) is 1. The maximum atomic E-state index is 12.0. The van der Waals surface area contributed by atoms with Crippen LogP contribution in [0.3, 0.4) is 0 Å². The molecule has 82 valence electrons. The molecule has 0 aromatic carbocycles. The summed E-state index contributed by atoms with van der Waals surface area (Å²) in [5, 5.41) is 8.89. The zero-order valence-corrected chi connectivity index (χ0v) is 7.82. The molecule has 1 aliphatic rings. The third-order valence-corrected chi connectivity index (χ3v) is 2.32. The van der Waals surface area contributed by atoms with Gasteiger partial charge in [-0.05, 0) is 6.42 Å². The highest BCUT2D eigenvalue weighted by atomic mass is 19.3. The molecule has 0 amide bonds. The Morgan fingerprint density at radius 2 is 2.36 bits per heavy atom. The fraction of sp³-hybridized carbons (Fsp3) is 0.875. The van der Waals surface area contributed by atoms with Crippen molar-refractivity contribution in [2.75, 3.05) is 20.2 Å². The van der Waals surface area contributed by atoms with Crippen molar-refractivity contribution in [2.45, 2.75) is 25.0 Å². The summed E-state index contributed by atoms with van der Waals surface area (Å²) in [5.41, 5.74) is 0. The summed E-state index contributed by atoms with van der Waals surface area (Å²) in [5.74, 6) is -0.433. The van der Waals surface area contributed by atoms with E-state index in [2.05, 4.69) is 4.74 Å². The van der Waals surface area contributed by atoms with Gasteiger partial charge in [0, 0.05) is 13.1 Å². The third-order valence-electron chi connectivity index (χ3n) is 2.32. The molecule has 0 aromatic rings. The Labute approximate surface area is 80.4 Å². The van der Waals surface area contributed by atoms with Gasteiger partial charge in [-0.15, -0.1) is 0 Å². The number of hydrogen-bond donors (Lipinski definition) is 1. The first-order chi connectivity index (χ1) is 6.56. The lowest BCUT2D eigenvalue weighted by Gasteiger charge is -2.39. The van der Waals surface area contributed by atoms with Gasteiger partial charge in [-0.3, -0.25) is 9.69 Å². The van der Waals surface area contributed by atoms with Gasteiger partial charge < -0.3 is 9.84 Å². The molecule has 14 heavy (non-hydrogen) atoms. The molecule has 0 spiro atoms. The predicted molar refractivity (Wildman–Crippen MR) is 44.0 cm³/mol. The van der Waals surface area contributed by atoms with Crippen LogP contribution in [0.2, 0.25) is 0 Å². The van der Waals surface area contributed by atoms with Gasteiger partial charge in [0.15, 0.2) is 0 Å². The summed E-state index contributed by atoms with van der Waals surface area (Å²) in [6, 6.07) is -0.464. The summed E-state index contributed by atoms with van der Waals surface area (Å²) >= 11 is 0. The molecule has 1 saturated heterocycles. The number of carbonyl (C=O) groups excluding carboxylic acids is 1. The maximum absolute atomic E-state index is 12.0. The smallest absolute Gasteiger partial charge is 0.323 e. The van der Waals surface area contributed by atoms with Gasteiger partial charge >= 0.3 is 5.97 Å². The van der Waals surface area contributed by atoms with Crippen LogP contribution in [0.15, 0.2) is 0 Å². The average Bonchev–Trinajstić information content (AvgIpc) is 2.11. The molecule has 1 aliphatic heterocycles. The highest BCUT2D eigenvalue weighted by Gasteiger charge is 2.37. The van der Waals surface area contributed by atoms with Crippen LogP contribution < -0.4 is 0 Å². The van der Waals surface area contributed by atoms with Gasteiger partial charge in [0.1, 0.15) is 12.1 Å². The Morgan fingerprint density at radius 3 is 2.71 bits per heavy atom. The van der Waals surface area contributed by atoms with Crippen LogP contribution in [-0.4, -0.2) is 54.7 Å². The monoisotopic (exact) mass is 209 g/mol. The van der Waals surface area contributed by atoms with Crippen LogP contribution in [0.5, 0.6) is 0 Å². The van der Waals surface area contributed by atoms with E-state index in [1.807, 2.05) is 0 Å². The summed E-state index contributed by atoms with van der Waals surface area (Å²) in [6.07, 6.45) is -3.86. The Kier molecular flexibility index (Phi) is 3.77. The lowest BCUT2D eigenvalue weighted by atomic mass is 10.0. The third kappa shape index (κ3) is 2.39. The number of aliphatic hydroxyl groups excluding tert-OH is 1. The predicted octanol–water partition coefficient (Wildman–Crippen LogP) is -0.140. The molecule has 0 bridgehead atoms. The van der Waals surface area contributed by atoms with E-state index in [1.54, 1.807) is 0 Å². The molecular weight excluding hydrogens is 196 g/mol. The molecule has 0 aliphatic carbocycles. The Morgan fingerprint density at radius 1 is 1.71 bits per heavy atom. The summed E-state index contributed by atoms with van der Waals surface area (Å²) in [6.45, 7) is 0.362. The van der Waals surface area contributed by atoms with E-state index in [0.29, 0.717) is 13.0 Å². The molecule has 1 heterocycles. The second-order valence-electron chi connectivity index (χ2n) is 3.22. The first-order valence-electron chi connectivity index (χ1n) is 4.34. The van der Waals surface area contributed by atoms with Crippen molar-refractivity contribution in [3.63, 3.8) is 0 Å². The lowest BCUT2D eigenvalue weighted by Crippen LogP contribution is -2.55. The second kappa shape index (κ2) is 4.65. The van der Waals surface area contributed by atoms with Crippen molar-refractivity contribution in [2.24, 2.45) is 0 Å². The van der Waals surface area contributed by atoms with Crippen molar-refractivity contribution >= 4 is 5.97 Å². The zero-order chi connectivity index (χ0) is 10.7. The number of alkyl halides is 2. The van der Waals surface area contributed by atoms with Crippen molar-refractivity contribution in [3.05, 3.63) is 0 Å². The minimum atomic E-state index is -2.77. The number of halogens is 2. The number of carbonyl (C=O) groups is 1. The number of ether oxygens (including phenoxy) is 1. The number of aliphatic hydroxyl groups is 1. The standard InChI is InChI=1S/C8H13F2NO3/c1-14-8(13)5-2-3-11(5)4-6(12)7(9)10/h5-7,12H,2-4H2,1H3. The van der Waals surface area contributed by atoms with Gasteiger partial charge in [-0.25, -0.2) is 8.78 Å². The van der Waals surface area contributed by atoms with Crippen LogP contribution in [0.1, 0.15) is 6.42 Å². The van der Waals surface area contributed by atoms with Crippen LogP contribution in [0.4, 0.5) is 8.78 Å². The van der Waals surface area contributed by atoms with E-state index in [0.717, 1.165) is 0 Å². The van der Waals surface area contributed by atoms with Crippen molar-refractivity contribution in [3.8, 4) is 0 Å². The first kappa shape index (κ1) is 11.3. The van der Waals surface area contributed by atoms with Gasteiger partial charge in [0.25, 0.3) is 6.43 Å². The van der Waals surface area contributed by atoms with E-state index >= 15 is 0 Å². The van der Waals surface area contributed by atoms with Crippen LogP contribution in [0.25, 0.3) is 0 Å². The van der Waals surface area contributed by atoms with E-state index in [9.17, 15) is 13.6 Å². The van der Waals surface area contributed by atoms with Crippen molar-refractivity contribution in [1.82, 2.24) is 4.90 Å². The van der Waals surface area contributed by atoms with Crippen molar-refractivity contribution in [1.29, 1.82) is 0 Å². The highest BCUT2D eigenvalue weighted by molar-refractivity contribution is 5.76. The second-order valence-corrected chi connectivity index (χ2v) is 3.22. The number of methoxy groups -OCH3 is 1. The summed E-state index contributed by atoms with van der Waals surface area (Å²) in [4.78, 5) is 12.5. The van der Waals surface area contributed by atoms with Crippen LogP contribution >= 0.6 is 0 Å². The number of likely N-dealkylation sites (tertiary alicyclic amines) is 1. The Bertz CT molecular complexity index is 213. The molecule has 1 N–H and O–H groups in total. The summed E-state index contributed by atoms with van der Waals surface area (Å²) in [7, 11) is 1.25. The topological polar surface area (TPSA) is 49.8 Å². The van der Waals surface area contributed by atoms with Gasteiger partial charge in [0.2, 0.25) is 0 Å². The largest absolute Gasteiger partial charge is 0.468 e. The zero-order valence-electron chi connectivity index (χ0n) is 7.82. The van der Waals surface area contributed by atoms with E-state index in [1.165, 1.54) is 12.0 Å². The molecule has 0 radical (unpaired) electrons. The fourth-order valence-corrected chi connectivity index (χ4v) is 1.38. The molecule has 0 saturated carbocycles.